The van der Waals surface area contributed by atoms with E-state index in [4.69, 9.17) is 5.73 Å². The molecule has 3 N–H and O–H groups in total. The summed E-state index contributed by atoms with van der Waals surface area (Å²) in [4.78, 5) is 41.3. The number of amides is 2. The first-order chi connectivity index (χ1) is 17.0. The molecule has 1 aliphatic rings. The zero-order chi connectivity index (χ0) is 24.4. The average molecular weight is 473 g/mol. The molecule has 35 heavy (non-hydrogen) atoms. The van der Waals surface area contributed by atoms with Gasteiger partial charge >= 0.3 is 0 Å². The SMILES string of the molecule is Cn1cncc1CCn1c(NC(=O)c2cccc(N)c2)nc2cc(C(=O)N3CCCCC3)cnc21. The van der Waals surface area contributed by atoms with E-state index in [1.165, 1.54) is 0 Å². The van der Waals surface area contributed by atoms with Crippen molar-refractivity contribution in [1.29, 1.82) is 0 Å². The van der Waals surface area contributed by atoms with Gasteiger partial charge in [0.1, 0.15) is 5.52 Å². The Morgan fingerprint density at radius 2 is 1.91 bits per heavy atom. The summed E-state index contributed by atoms with van der Waals surface area (Å²) in [7, 11) is 1.94. The summed E-state index contributed by atoms with van der Waals surface area (Å²) in [6, 6.07) is 8.53. The topological polar surface area (TPSA) is 124 Å². The van der Waals surface area contributed by atoms with Gasteiger partial charge in [0.25, 0.3) is 11.8 Å². The second kappa shape index (κ2) is 9.57. The first-order valence-electron chi connectivity index (χ1n) is 11.8. The summed E-state index contributed by atoms with van der Waals surface area (Å²) in [6.07, 6.45) is 9.02. The van der Waals surface area contributed by atoms with Gasteiger partial charge in [-0.25, -0.2) is 15.0 Å². The maximum Gasteiger partial charge on any atom is 0.258 e. The van der Waals surface area contributed by atoms with E-state index in [0.29, 0.717) is 46.9 Å². The van der Waals surface area contributed by atoms with Crippen molar-refractivity contribution < 1.29 is 9.59 Å². The van der Waals surface area contributed by atoms with Crippen molar-refractivity contribution >= 4 is 34.6 Å². The molecular weight excluding hydrogens is 444 g/mol. The van der Waals surface area contributed by atoms with Crippen LogP contribution in [-0.4, -0.2) is 53.9 Å². The molecule has 4 aromatic rings. The summed E-state index contributed by atoms with van der Waals surface area (Å²) in [6.45, 7) is 2.05. The molecule has 1 saturated heterocycles. The third-order valence-electron chi connectivity index (χ3n) is 6.36. The lowest BCUT2D eigenvalue weighted by Crippen LogP contribution is -2.35. The van der Waals surface area contributed by atoms with Crippen LogP contribution in [0.4, 0.5) is 11.6 Å². The molecule has 0 radical (unpaired) electrons. The van der Waals surface area contributed by atoms with E-state index in [1.54, 1.807) is 42.9 Å². The lowest BCUT2D eigenvalue weighted by Gasteiger charge is -2.26. The Morgan fingerprint density at radius 3 is 2.66 bits per heavy atom. The molecule has 0 bridgehead atoms. The number of nitrogens with one attached hydrogen (secondary N) is 1. The van der Waals surface area contributed by atoms with Gasteiger partial charge in [0, 0.05) is 62.4 Å². The number of anilines is 2. The normalized spacial score (nSPS) is 13.8. The van der Waals surface area contributed by atoms with Gasteiger partial charge in [-0.3, -0.25) is 19.5 Å². The highest BCUT2D eigenvalue weighted by atomic mass is 16.2. The molecule has 0 spiro atoms. The summed E-state index contributed by atoms with van der Waals surface area (Å²) < 4.78 is 3.81. The number of carbonyl (C=O) groups is 2. The van der Waals surface area contributed by atoms with Gasteiger partial charge in [0.15, 0.2) is 5.65 Å². The number of imidazole rings is 2. The van der Waals surface area contributed by atoms with E-state index >= 15 is 0 Å². The smallest absolute Gasteiger partial charge is 0.258 e. The molecule has 0 atom stereocenters. The lowest BCUT2D eigenvalue weighted by atomic mass is 10.1. The van der Waals surface area contributed by atoms with Crippen LogP contribution in [0.2, 0.25) is 0 Å². The maximum absolute atomic E-state index is 13.0. The molecule has 180 valence electrons. The summed E-state index contributed by atoms with van der Waals surface area (Å²) in [5, 5.41) is 2.90. The van der Waals surface area contributed by atoms with Gasteiger partial charge in [-0.05, 0) is 43.5 Å². The number of nitrogen functional groups attached to an aromatic ring is 1. The van der Waals surface area contributed by atoms with Gasteiger partial charge in [0.2, 0.25) is 5.95 Å². The van der Waals surface area contributed by atoms with Crippen LogP contribution in [0.25, 0.3) is 11.2 Å². The molecule has 0 saturated carbocycles. The van der Waals surface area contributed by atoms with Crippen LogP contribution in [0, 0.1) is 0 Å². The monoisotopic (exact) mass is 472 g/mol. The second-order valence-corrected chi connectivity index (χ2v) is 8.83. The Kier molecular flexibility index (Phi) is 6.17. The summed E-state index contributed by atoms with van der Waals surface area (Å²) in [5.41, 5.74) is 9.49. The first kappa shape index (κ1) is 22.6. The highest BCUT2D eigenvalue weighted by Gasteiger charge is 2.21. The number of hydrogen-bond acceptors (Lipinski definition) is 6. The zero-order valence-corrected chi connectivity index (χ0v) is 19.6. The average Bonchev–Trinajstić information content (AvgIpc) is 3.44. The number of benzene rings is 1. The van der Waals surface area contributed by atoms with Gasteiger partial charge in [-0.2, -0.15) is 0 Å². The van der Waals surface area contributed by atoms with Crippen molar-refractivity contribution in [2.45, 2.75) is 32.2 Å². The number of nitrogens with two attached hydrogens (primary N) is 1. The van der Waals surface area contributed by atoms with E-state index in [2.05, 4.69) is 20.3 Å². The van der Waals surface area contributed by atoms with Crippen LogP contribution in [0.5, 0.6) is 0 Å². The molecule has 3 aromatic heterocycles. The Hall–Kier alpha value is -4.21. The highest BCUT2D eigenvalue weighted by Crippen LogP contribution is 2.22. The molecule has 1 aromatic carbocycles. The largest absolute Gasteiger partial charge is 0.399 e. The summed E-state index contributed by atoms with van der Waals surface area (Å²) >= 11 is 0. The van der Waals surface area contributed by atoms with Crippen LogP contribution in [0.3, 0.4) is 0 Å². The number of pyridine rings is 1. The van der Waals surface area contributed by atoms with Crippen molar-refractivity contribution in [2.75, 3.05) is 24.1 Å². The van der Waals surface area contributed by atoms with Crippen LogP contribution in [-0.2, 0) is 20.0 Å². The Balaban J connectivity index is 1.48. The molecular formula is C25H28N8O2. The number of nitrogens with zero attached hydrogens (tertiary/aromatic N) is 6. The molecule has 0 unspecified atom stereocenters. The molecule has 10 nitrogen and oxygen atoms in total. The number of carbonyl (C=O) groups excluding carboxylic acids is 2. The van der Waals surface area contributed by atoms with E-state index < -0.39 is 0 Å². The van der Waals surface area contributed by atoms with E-state index in [9.17, 15) is 9.59 Å². The third kappa shape index (κ3) is 4.72. The van der Waals surface area contributed by atoms with Crippen LogP contribution >= 0.6 is 0 Å². The minimum Gasteiger partial charge on any atom is -0.399 e. The predicted octanol–water partition coefficient (Wildman–Crippen LogP) is 2.87. The predicted molar refractivity (Wildman–Crippen MR) is 133 cm³/mol. The van der Waals surface area contributed by atoms with E-state index in [-0.39, 0.29) is 11.8 Å². The van der Waals surface area contributed by atoms with Crippen LogP contribution in [0.15, 0.2) is 49.1 Å². The van der Waals surface area contributed by atoms with E-state index in [1.807, 2.05) is 27.3 Å². The molecule has 0 aliphatic carbocycles. The Labute approximate surface area is 202 Å². The van der Waals surface area contributed by atoms with Crippen molar-refractivity contribution in [3.05, 3.63) is 65.9 Å². The number of aryl methyl sites for hydroxylation is 3. The molecule has 1 aliphatic heterocycles. The number of aromatic nitrogens is 5. The van der Waals surface area contributed by atoms with Gasteiger partial charge in [-0.15, -0.1) is 0 Å². The standard InChI is InChI=1S/C25H28N8O2/c1-31-16-27-15-20(31)8-11-33-22-21(13-18(14-28-22)24(35)32-9-3-2-4-10-32)29-25(33)30-23(34)17-6-5-7-19(26)12-17/h5-7,12-16H,2-4,8-11,26H2,1H3,(H,29,30,34). The number of piperidine rings is 1. The zero-order valence-electron chi connectivity index (χ0n) is 19.6. The fourth-order valence-electron chi connectivity index (χ4n) is 4.42. The highest BCUT2D eigenvalue weighted by molar-refractivity contribution is 6.04. The van der Waals surface area contributed by atoms with Crippen molar-refractivity contribution in [3.63, 3.8) is 0 Å². The molecule has 2 amide bonds. The minimum absolute atomic E-state index is 0.0334. The fourth-order valence-corrected chi connectivity index (χ4v) is 4.42. The fraction of sp³-hybridized carbons (Fsp3) is 0.320. The minimum atomic E-state index is -0.320. The summed E-state index contributed by atoms with van der Waals surface area (Å²) in [5.74, 6) is 0.0116. The van der Waals surface area contributed by atoms with Gasteiger partial charge in [-0.1, -0.05) is 6.07 Å². The molecule has 4 heterocycles. The molecule has 1 fully saturated rings. The second-order valence-electron chi connectivity index (χ2n) is 8.83. The van der Waals surface area contributed by atoms with Crippen molar-refractivity contribution in [2.24, 2.45) is 7.05 Å². The van der Waals surface area contributed by atoms with Crippen molar-refractivity contribution in [1.82, 2.24) is 29.0 Å². The van der Waals surface area contributed by atoms with Crippen LogP contribution < -0.4 is 11.1 Å². The number of likely N-dealkylation sites (tertiary alicyclic amines) is 1. The van der Waals surface area contributed by atoms with Gasteiger partial charge < -0.3 is 15.2 Å². The lowest BCUT2D eigenvalue weighted by molar-refractivity contribution is 0.0724. The quantitative estimate of drug-likeness (QED) is 0.416. The van der Waals surface area contributed by atoms with E-state index in [0.717, 1.165) is 38.0 Å². The number of fused-ring (bicyclic) bond motifs is 1. The third-order valence-corrected chi connectivity index (χ3v) is 6.36. The number of hydrogen-bond donors (Lipinski definition) is 2. The molecule has 5 rings (SSSR count). The van der Waals surface area contributed by atoms with Gasteiger partial charge in [0.05, 0.1) is 11.9 Å². The van der Waals surface area contributed by atoms with Crippen LogP contribution in [0.1, 0.15) is 45.7 Å². The Bertz CT molecular complexity index is 1380. The number of rotatable bonds is 6. The van der Waals surface area contributed by atoms with Crippen molar-refractivity contribution in [3.8, 4) is 0 Å². The first-order valence-corrected chi connectivity index (χ1v) is 11.8. The molecule has 10 heteroatoms. The Morgan fingerprint density at radius 1 is 1.09 bits per heavy atom. The maximum atomic E-state index is 13.0.